The molecule has 4 aromatic rings. The minimum Gasteiger partial charge on any atom is -0.455 e. The van der Waals surface area contributed by atoms with Crippen molar-refractivity contribution in [3.05, 3.63) is 91.9 Å². The topological polar surface area (TPSA) is 118 Å². The van der Waals surface area contributed by atoms with Crippen molar-refractivity contribution in [2.24, 2.45) is 0 Å². The molecule has 0 spiro atoms. The van der Waals surface area contributed by atoms with Gasteiger partial charge in [0.15, 0.2) is 11.1 Å². The third kappa shape index (κ3) is 5.53. The number of aromatic nitrogens is 1. The number of halogens is 3. The third-order valence-electron chi connectivity index (χ3n) is 5.76. The number of rotatable bonds is 6. The van der Waals surface area contributed by atoms with E-state index in [9.17, 15) is 26.8 Å². The molecular weight excluding hydrogens is 540 g/mol. The van der Waals surface area contributed by atoms with E-state index in [4.69, 9.17) is 16.0 Å². The summed E-state index contributed by atoms with van der Waals surface area (Å²) in [5.41, 5.74) is 0.981. The van der Waals surface area contributed by atoms with Gasteiger partial charge in [0.05, 0.1) is 28.9 Å². The van der Waals surface area contributed by atoms with E-state index in [-0.39, 0.29) is 49.8 Å². The van der Waals surface area contributed by atoms with E-state index in [1.54, 1.807) is 26.0 Å². The van der Waals surface area contributed by atoms with Crippen LogP contribution in [0, 0.1) is 25.5 Å². The Morgan fingerprint density at radius 1 is 1.11 bits per heavy atom. The van der Waals surface area contributed by atoms with Crippen LogP contribution in [0.4, 0.5) is 14.5 Å². The number of hydrogen-bond acceptors (Lipinski definition) is 7. The quantitative estimate of drug-likeness (QED) is 0.308. The van der Waals surface area contributed by atoms with Gasteiger partial charge in [0.25, 0.3) is 5.91 Å². The molecule has 4 rings (SSSR count). The number of benzene rings is 2. The van der Waals surface area contributed by atoms with Crippen molar-refractivity contribution in [3.63, 3.8) is 0 Å². The molecule has 0 bridgehead atoms. The van der Waals surface area contributed by atoms with Crippen LogP contribution in [0.1, 0.15) is 40.1 Å². The lowest BCUT2D eigenvalue weighted by atomic mass is 9.98. The molecule has 0 saturated heterocycles. The van der Waals surface area contributed by atoms with Crippen molar-refractivity contribution in [1.29, 1.82) is 0 Å². The first-order valence-electron chi connectivity index (χ1n) is 11.2. The van der Waals surface area contributed by atoms with Gasteiger partial charge >= 0.3 is 0 Å². The highest BCUT2D eigenvalue weighted by Crippen LogP contribution is 2.33. The van der Waals surface area contributed by atoms with Crippen LogP contribution < -0.4 is 15.5 Å². The SMILES string of the molecule is Cc1cc([C@@H](C)Nc2ccc(Cl)nc2C(=O)NS(C)(=O)=O)c2oc(-c3ccc(F)cc3F)c(C)c(=O)c2c1. The number of sulfonamides is 1. The Bertz CT molecular complexity index is 1770. The number of hydrogen-bond donors (Lipinski definition) is 2. The van der Waals surface area contributed by atoms with Crippen LogP contribution in [0.5, 0.6) is 0 Å². The molecule has 2 aromatic heterocycles. The summed E-state index contributed by atoms with van der Waals surface area (Å²) in [5.74, 6) is -2.69. The van der Waals surface area contributed by atoms with Crippen LogP contribution in [-0.4, -0.2) is 25.6 Å². The number of nitrogens with one attached hydrogen (secondary N) is 2. The zero-order valence-electron chi connectivity index (χ0n) is 20.6. The van der Waals surface area contributed by atoms with Gasteiger partial charge in [-0.3, -0.25) is 9.59 Å². The monoisotopic (exact) mass is 561 g/mol. The highest BCUT2D eigenvalue weighted by Gasteiger charge is 2.23. The van der Waals surface area contributed by atoms with E-state index < -0.39 is 33.6 Å². The summed E-state index contributed by atoms with van der Waals surface area (Å²) in [5, 5.41) is 3.31. The van der Waals surface area contributed by atoms with Gasteiger partial charge in [0.2, 0.25) is 10.0 Å². The van der Waals surface area contributed by atoms with Gasteiger partial charge in [-0.2, -0.15) is 0 Å². The summed E-state index contributed by atoms with van der Waals surface area (Å²) in [4.78, 5) is 29.8. The fourth-order valence-electron chi connectivity index (χ4n) is 4.07. The summed E-state index contributed by atoms with van der Waals surface area (Å²) in [6.45, 7) is 5.00. The third-order valence-corrected chi connectivity index (χ3v) is 6.53. The fraction of sp³-hybridized carbons (Fsp3) is 0.192. The Kier molecular flexibility index (Phi) is 7.26. The molecule has 2 aromatic carbocycles. The zero-order chi connectivity index (χ0) is 27.9. The molecule has 0 aliphatic carbocycles. The molecule has 2 heterocycles. The minimum atomic E-state index is -3.88. The second-order valence-corrected chi connectivity index (χ2v) is 11.0. The van der Waals surface area contributed by atoms with Crippen molar-refractivity contribution in [1.82, 2.24) is 9.71 Å². The molecule has 0 fully saturated rings. The van der Waals surface area contributed by atoms with Crippen LogP contribution in [0.3, 0.4) is 0 Å². The van der Waals surface area contributed by atoms with E-state index in [2.05, 4.69) is 10.3 Å². The molecule has 12 heteroatoms. The maximum Gasteiger partial charge on any atom is 0.285 e. The van der Waals surface area contributed by atoms with Crippen LogP contribution in [-0.2, 0) is 10.0 Å². The van der Waals surface area contributed by atoms with E-state index in [1.165, 1.54) is 25.1 Å². The second-order valence-electron chi connectivity index (χ2n) is 8.84. The van der Waals surface area contributed by atoms with E-state index in [0.29, 0.717) is 11.6 Å². The number of amides is 1. The van der Waals surface area contributed by atoms with Crippen LogP contribution >= 0.6 is 11.6 Å². The first kappa shape index (κ1) is 27.2. The molecule has 1 atom stereocenters. The zero-order valence-corrected chi connectivity index (χ0v) is 22.2. The van der Waals surface area contributed by atoms with E-state index in [0.717, 1.165) is 17.9 Å². The second kappa shape index (κ2) is 10.1. The van der Waals surface area contributed by atoms with Crippen molar-refractivity contribution >= 4 is 44.2 Å². The van der Waals surface area contributed by atoms with Crippen molar-refractivity contribution in [2.45, 2.75) is 26.8 Å². The highest BCUT2D eigenvalue weighted by atomic mass is 35.5. The molecule has 0 saturated carbocycles. The molecule has 1 amide bonds. The number of carbonyl (C=O) groups is 1. The summed E-state index contributed by atoms with van der Waals surface area (Å²) < 4.78 is 59.2. The maximum absolute atomic E-state index is 14.6. The van der Waals surface area contributed by atoms with Gasteiger partial charge in [-0.25, -0.2) is 26.9 Å². The summed E-state index contributed by atoms with van der Waals surface area (Å²) in [7, 11) is -3.88. The lowest BCUT2D eigenvalue weighted by Crippen LogP contribution is -2.31. The molecular formula is C26H22ClF2N3O5S. The largest absolute Gasteiger partial charge is 0.455 e. The average molecular weight is 562 g/mol. The van der Waals surface area contributed by atoms with E-state index >= 15 is 0 Å². The number of pyridine rings is 1. The summed E-state index contributed by atoms with van der Waals surface area (Å²) >= 11 is 5.94. The van der Waals surface area contributed by atoms with Crippen LogP contribution in [0.25, 0.3) is 22.3 Å². The Labute approximate surface area is 221 Å². The lowest BCUT2D eigenvalue weighted by molar-refractivity contribution is 0.0977. The summed E-state index contributed by atoms with van der Waals surface area (Å²) in [6.07, 6.45) is 0.829. The summed E-state index contributed by atoms with van der Waals surface area (Å²) in [6, 6.07) is 8.62. The minimum absolute atomic E-state index is 0.0321. The molecule has 0 aliphatic heterocycles. The Morgan fingerprint density at radius 2 is 1.82 bits per heavy atom. The van der Waals surface area contributed by atoms with Gasteiger partial charge < -0.3 is 9.73 Å². The van der Waals surface area contributed by atoms with Gasteiger partial charge in [-0.05, 0) is 56.7 Å². The van der Waals surface area contributed by atoms with Crippen molar-refractivity contribution in [3.8, 4) is 11.3 Å². The predicted molar refractivity (Wildman–Crippen MR) is 141 cm³/mol. The first-order valence-corrected chi connectivity index (χ1v) is 13.5. The van der Waals surface area contributed by atoms with E-state index in [1.807, 2.05) is 4.72 Å². The standard InChI is InChI=1S/C26H22ClF2N3O5S/c1-12-9-17(14(3)30-20-7-8-21(27)31-22(20)26(34)32-38(4,35)36)25-18(10-12)23(33)13(2)24(37-25)16-6-5-15(28)11-19(16)29/h5-11,14,30H,1-4H3,(H,32,34)/t14-/m1/s1. The first-order chi connectivity index (χ1) is 17.7. The number of nitrogens with zero attached hydrogens (tertiary/aromatic N) is 1. The van der Waals surface area contributed by atoms with Gasteiger partial charge in [-0.1, -0.05) is 17.7 Å². The van der Waals surface area contributed by atoms with Gasteiger partial charge in [-0.15, -0.1) is 0 Å². The molecule has 0 aliphatic rings. The molecule has 8 nitrogen and oxygen atoms in total. The normalized spacial score (nSPS) is 12.4. The Hall–Kier alpha value is -3.83. The smallest absolute Gasteiger partial charge is 0.285 e. The van der Waals surface area contributed by atoms with Crippen molar-refractivity contribution < 1.29 is 26.4 Å². The Balaban J connectivity index is 1.86. The number of aryl methyl sites for hydroxylation is 1. The van der Waals surface area contributed by atoms with Crippen molar-refractivity contribution in [2.75, 3.05) is 11.6 Å². The fourth-order valence-corrected chi connectivity index (χ4v) is 4.65. The number of anilines is 1. The molecule has 38 heavy (non-hydrogen) atoms. The van der Waals surface area contributed by atoms with Gasteiger partial charge in [0.1, 0.15) is 28.1 Å². The highest BCUT2D eigenvalue weighted by molar-refractivity contribution is 7.89. The number of fused-ring (bicyclic) bond motifs is 1. The Morgan fingerprint density at radius 3 is 2.47 bits per heavy atom. The molecule has 0 unspecified atom stereocenters. The maximum atomic E-state index is 14.6. The molecule has 0 radical (unpaired) electrons. The average Bonchev–Trinajstić information content (AvgIpc) is 2.81. The molecule has 198 valence electrons. The lowest BCUT2D eigenvalue weighted by Gasteiger charge is -2.20. The number of carbonyl (C=O) groups excluding carboxylic acids is 1. The van der Waals surface area contributed by atoms with Crippen LogP contribution in [0.15, 0.2) is 51.7 Å². The van der Waals surface area contributed by atoms with Gasteiger partial charge in [0, 0.05) is 17.2 Å². The predicted octanol–water partition coefficient (Wildman–Crippen LogP) is 5.27. The molecule has 2 N–H and O–H groups in total. The van der Waals surface area contributed by atoms with Crippen LogP contribution in [0.2, 0.25) is 5.15 Å².